The van der Waals surface area contributed by atoms with Gasteiger partial charge in [0.15, 0.2) is 16.7 Å². The molecule has 4 rings (SSSR count). The van der Waals surface area contributed by atoms with Gasteiger partial charge in [-0.15, -0.1) is 0 Å². The van der Waals surface area contributed by atoms with E-state index in [0.29, 0.717) is 59.1 Å². The Balaban J connectivity index is 1.57. The topological polar surface area (TPSA) is 80.7 Å². The second-order valence-corrected chi connectivity index (χ2v) is 10.4. The number of carbonyl (C=O) groups excluding carboxylic acids is 2. The van der Waals surface area contributed by atoms with Crippen LogP contribution in [0, 0.1) is 0 Å². The van der Waals surface area contributed by atoms with Gasteiger partial charge in [-0.2, -0.15) is 0 Å². The van der Waals surface area contributed by atoms with Crippen LogP contribution in [0.3, 0.4) is 0 Å². The maximum absolute atomic E-state index is 13.0. The van der Waals surface area contributed by atoms with Crippen molar-refractivity contribution in [2.75, 3.05) is 40.5 Å². The van der Waals surface area contributed by atoms with Crippen LogP contribution < -0.4 is 9.47 Å². The molecule has 0 spiro atoms. The van der Waals surface area contributed by atoms with Crippen molar-refractivity contribution in [1.29, 1.82) is 0 Å². The van der Waals surface area contributed by atoms with Gasteiger partial charge in [0.25, 0.3) is 11.8 Å². The Morgan fingerprint density at radius 3 is 2.67 bits per heavy atom. The van der Waals surface area contributed by atoms with Crippen LogP contribution in [-0.2, 0) is 9.53 Å². The van der Waals surface area contributed by atoms with Gasteiger partial charge in [-0.05, 0) is 83.5 Å². The zero-order valence-corrected chi connectivity index (χ0v) is 23.0. The van der Waals surface area contributed by atoms with Crippen LogP contribution in [0.25, 0.3) is 6.08 Å². The van der Waals surface area contributed by atoms with Crippen molar-refractivity contribution in [3.63, 3.8) is 0 Å². The van der Waals surface area contributed by atoms with Crippen molar-refractivity contribution in [3.05, 3.63) is 56.9 Å². The summed E-state index contributed by atoms with van der Waals surface area (Å²) in [4.78, 5) is 34.3. The van der Waals surface area contributed by atoms with Crippen LogP contribution in [-0.4, -0.2) is 73.3 Å². The fourth-order valence-electron chi connectivity index (χ4n) is 3.74. The van der Waals surface area contributed by atoms with Crippen LogP contribution in [0.2, 0.25) is 0 Å². The standard InChI is InChI=1S/C26H28BrN3O5S/c1-16(2)35-23-20(27)12-17(13-21(23)33-4)14-22-25(32)29(3)26(36-22)28-19-7-5-6-18(15-19)24(31)30-8-10-34-11-9-30/h5-7,12-16H,8-11H2,1-4H3/b22-14+,28-26?. The molecule has 0 unspecified atom stereocenters. The number of hydrogen-bond acceptors (Lipinski definition) is 7. The molecule has 2 heterocycles. The number of carbonyl (C=O) groups is 2. The molecule has 2 saturated heterocycles. The number of halogens is 1. The van der Waals surface area contributed by atoms with Crippen LogP contribution >= 0.6 is 27.7 Å². The second-order valence-electron chi connectivity index (χ2n) is 8.52. The third-order valence-corrected chi connectivity index (χ3v) is 7.17. The van der Waals surface area contributed by atoms with Crippen LogP contribution in [0.4, 0.5) is 5.69 Å². The highest BCUT2D eigenvalue weighted by Gasteiger charge is 2.30. The van der Waals surface area contributed by atoms with E-state index in [1.54, 1.807) is 43.3 Å². The molecule has 190 valence electrons. The summed E-state index contributed by atoms with van der Waals surface area (Å²) < 4.78 is 17.4. The smallest absolute Gasteiger partial charge is 0.266 e. The van der Waals surface area contributed by atoms with E-state index in [-0.39, 0.29) is 17.9 Å². The molecular weight excluding hydrogens is 546 g/mol. The fraction of sp³-hybridized carbons (Fsp3) is 0.346. The molecule has 0 atom stereocenters. The van der Waals surface area contributed by atoms with E-state index < -0.39 is 0 Å². The minimum absolute atomic E-state index is 0.0125. The van der Waals surface area contributed by atoms with E-state index >= 15 is 0 Å². The number of benzene rings is 2. The summed E-state index contributed by atoms with van der Waals surface area (Å²) in [5.41, 5.74) is 1.96. The first-order valence-electron chi connectivity index (χ1n) is 11.5. The maximum Gasteiger partial charge on any atom is 0.266 e. The lowest BCUT2D eigenvalue weighted by Gasteiger charge is -2.26. The molecule has 8 nitrogen and oxygen atoms in total. The first-order valence-corrected chi connectivity index (χ1v) is 13.2. The van der Waals surface area contributed by atoms with E-state index in [4.69, 9.17) is 14.2 Å². The van der Waals surface area contributed by atoms with E-state index in [1.165, 1.54) is 16.7 Å². The summed E-state index contributed by atoms with van der Waals surface area (Å²) in [7, 11) is 3.27. The average Bonchev–Trinajstić information content (AvgIpc) is 3.13. The number of amidine groups is 1. The minimum Gasteiger partial charge on any atom is -0.493 e. The number of morpholine rings is 1. The van der Waals surface area contributed by atoms with Crippen LogP contribution in [0.1, 0.15) is 29.8 Å². The normalized spacial score (nSPS) is 18.4. The van der Waals surface area contributed by atoms with E-state index in [1.807, 2.05) is 32.0 Å². The Labute approximate surface area is 223 Å². The lowest BCUT2D eigenvalue weighted by atomic mass is 10.1. The Kier molecular flexibility index (Phi) is 8.38. The highest BCUT2D eigenvalue weighted by molar-refractivity contribution is 9.10. The van der Waals surface area contributed by atoms with Crippen molar-refractivity contribution in [3.8, 4) is 11.5 Å². The zero-order valence-electron chi connectivity index (χ0n) is 20.6. The first kappa shape index (κ1) is 26.2. The molecule has 0 aliphatic carbocycles. The molecule has 0 bridgehead atoms. The van der Waals surface area contributed by atoms with Crippen molar-refractivity contribution in [1.82, 2.24) is 9.80 Å². The van der Waals surface area contributed by atoms with Crippen molar-refractivity contribution >= 4 is 56.4 Å². The van der Waals surface area contributed by atoms with Gasteiger partial charge in [0, 0.05) is 25.7 Å². The molecule has 2 aromatic rings. The number of thioether (sulfide) groups is 1. The summed E-state index contributed by atoms with van der Waals surface area (Å²) in [6.45, 7) is 6.13. The molecule has 0 saturated carbocycles. The molecule has 2 aliphatic rings. The number of rotatable bonds is 6. The lowest BCUT2D eigenvalue weighted by Crippen LogP contribution is -2.40. The van der Waals surface area contributed by atoms with Crippen LogP contribution in [0.5, 0.6) is 11.5 Å². The number of ether oxygens (including phenoxy) is 3. The molecule has 2 fully saturated rings. The van der Waals surface area contributed by atoms with Crippen molar-refractivity contribution < 1.29 is 23.8 Å². The molecule has 10 heteroatoms. The van der Waals surface area contributed by atoms with Gasteiger partial charge in [-0.25, -0.2) is 4.99 Å². The SMILES string of the molecule is COc1cc(/C=C2/SC(=Nc3cccc(C(=O)N4CCOCC4)c3)N(C)C2=O)cc(Br)c1OC(C)C. The molecule has 2 aromatic carbocycles. The predicted octanol–water partition coefficient (Wildman–Crippen LogP) is 4.95. The highest BCUT2D eigenvalue weighted by Crippen LogP contribution is 2.39. The molecule has 0 radical (unpaired) electrons. The van der Waals surface area contributed by atoms with Gasteiger partial charge in [-0.1, -0.05) is 6.07 Å². The average molecular weight is 574 g/mol. The number of amides is 2. The highest BCUT2D eigenvalue weighted by atomic mass is 79.9. The Bertz CT molecular complexity index is 1220. The van der Waals surface area contributed by atoms with E-state index in [9.17, 15) is 9.59 Å². The van der Waals surface area contributed by atoms with E-state index in [2.05, 4.69) is 20.9 Å². The van der Waals surface area contributed by atoms with Gasteiger partial charge in [-0.3, -0.25) is 14.5 Å². The Morgan fingerprint density at radius 1 is 1.22 bits per heavy atom. The lowest BCUT2D eigenvalue weighted by molar-refractivity contribution is -0.121. The van der Waals surface area contributed by atoms with Crippen molar-refractivity contribution in [2.24, 2.45) is 4.99 Å². The maximum atomic E-state index is 13.0. The summed E-state index contributed by atoms with van der Waals surface area (Å²) in [6, 6.07) is 10.9. The van der Waals surface area contributed by atoms with Gasteiger partial charge in [0.1, 0.15) is 0 Å². The van der Waals surface area contributed by atoms with E-state index in [0.717, 1.165) is 10.0 Å². The summed E-state index contributed by atoms with van der Waals surface area (Å²) in [5.74, 6) is 0.987. The van der Waals surface area contributed by atoms with Gasteiger partial charge < -0.3 is 19.1 Å². The zero-order chi connectivity index (χ0) is 25.8. The molecule has 0 aromatic heterocycles. The monoisotopic (exact) mass is 573 g/mol. The van der Waals surface area contributed by atoms with Crippen LogP contribution in [0.15, 0.2) is 50.8 Å². The molecule has 2 aliphatic heterocycles. The molecule has 0 N–H and O–H groups in total. The second kappa shape index (κ2) is 11.5. The third kappa shape index (κ3) is 5.93. The largest absolute Gasteiger partial charge is 0.493 e. The Hall–Kier alpha value is -2.82. The van der Waals surface area contributed by atoms with Gasteiger partial charge in [0.05, 0.1) is 41.5 Å². The fourth-order valence-corrected chi connectivity index (χ4v) is 5.28. The Morgan fingerprint density at radius 2 is 1.97 bits per heavy atom. The summed E-state index contributed by atoms with van der Waals surface area (Å²) in [6.07, 6.45) is 1.79. The minimum atomic E-state index is -0.156. The number of aliphatic imine (C=N–C) groups is 1. The third-order valence-electron chi connectivity index (χ3n) is 5.52. The number of likely N-dealkylation sites (N-methyl/N-ethyl adjacent to an activating group) is 1. The van der Waals surface area contributed by atoms with Gasteiger partial charge in [0.2, 0.25) is 0 Å². The number of hydrogen-bond donors (Lipinski definition) is 0. The quantitative estimate of drug-likeness (QED) is 0.455. The number of nitrogens with zero attached hydrogens (tertiary/aromatic N) is 3. The van der Waals surface area contributed by atoms with Crippen molar-refractivity contribution in [2.45, 2.75) is 20.0 Å². The molecular formula is C26H28BrN3O5S. The summed E-state index contributed by atoms with van der Waals surface area (Å²) >= 11 is 4.83. The molecule has 2 amide bonds. The number of methoxy groups -OCH3 is 1. The predicted molar refractivity (Wildman–Crippen MR) is 145 cm³/mol. The summed E-state index contributed by atoms with van der Waals surface area (Å²) in [5, 5.41) is 0.535. The molecule has 36 heavy (non-hydrogen) atoms. The first-order chi connectivity index (χ1) is 17.3. The van der Waals surface area contributed by atoms with Gasteiger partial charge >= 0.3 is 0 Å².